The van der Waals surface area contributed by atoms with E-state index in [4.69, 9.17) is 9.47 Å². The van der Waals surface area contributed by atoms with Crippen molar-refractivity contribution in [2.75, 3.05) is 33.9 Å². The number of morpholine rings is 1. The van der Waals surface area contributed by atoms with Crippen LogP contribution in [0.25, 0.3) is 0 Å². The largest absolute Gasteiger partial charge is 0.372 e. The van der Waals surface area contributed by atoms with Gasteiger partial charge in [0.1, 0.15) is 12.7 Å². The van der Waals surface area contributed by atoms with Crippen LogP contribution in [0.2, 0.25) is 0 Å². The van der Waals surface area contributed by atoms with E-state index in [1.54, 1.807) is 20.2 Å². The van der Waals surface area contributed by atoms with Gasteiger partial charge in [0.2, 0.25) is 5.91 Å². The van der Waals surface area contributed by atoms with Crippen molar-refractivity contribution in [3.8, 4) is 0 Å². The highest BCUT2D eigenvalue weighted by Gasteiger charge is 2.45. The molecule has 3 rings (SSSR count). The summed E-state index contributed by atoms with van der Waals surface area (Å²) in [6.45, 7) is 1.05. The van der Waals surface area contributed by atoms with Gasteiger partial charge in [0.25, 0.3) is 5.91 Å². The van der Waals surface area contributed by atoms with Crippen LogP contribution in [0, 0.1) is 0 Å². The highest BCUT2D eigenvalue weighted by molar-refractivity contribution is 5.94. The van der Waals surface area contributed by atoms with Crippen LogP contribution in [0.15, 0.2) is 18.5 Å². The van der Waals surface area contributed by atoms with E-state index >= 15 is 0 Å². The molecule has 0 spiro atoms. The molecule has 1 aromatic heterocycles. The fraction of sp³-hybridized carbons (Fsp3) is 0.625. The molecule has 8 heteroatoms. The van der Waals surface area contributed by atoms with E-state index < -0.39 is 0 Å². The lowest BCUT2D eigenvalue weighted by atomic mass is 10.1. The van der Waals surface area contributed by atoms with E-state index in [-0.39, 0.29) is 36.7 Å². The van der Waals surface area contributed by atoms with Crippen LogP contribution in [0.1, 0.15) is 23.2 Å². The highest BCUT2D eigenvalue weighted by Crippen LogP contribution is 2.32. The van der Waals surface area contributed by atoms with Gasteiger partial charge in [-0.05, 0) is 18.9 Å². The molecule has 0 N–H and O–H groups in total. The van der Waals surface area contributed by atoms with Crippen molar-refractivity contribution < 1.29 is 19.1 Å². The second-order valence-corrected chi connectivity index (χ2v) is 6.25. The van der Waals surface area contributed by atoms with Gasteiger partial charge in [-0.1, -0.05) is 0 Å². The van der Waals surface area contributed by atoms with Crippen LogP contribution in [0.5, 0.6) is 0 Å². The Hall–Kier alpha value is -2.06. The van der Waals surface area contributed by atoms with E-state index in [1.807, 2.05) is 4.90 Å². The number of carbonyl (C=O) groups is 2. The normalized spacial score (nSPS) is 26.1. The van der Waals surface area contributed by atoms with Gasteiger partial charge in [-0.3, -0.25) is 9.59 Å². The number of nitrogens with zero attached hydrogens (tertiary/aromatic N) is 4. The predicted octanol–water partition coefficient (Wildman–Crippen LogP) is -0.0466. The standard InChI is InChI=1S/C16H22N4O4/c1-19(2)14(21)10-24-13-4-3-12-15(13)23-8-7-20(12)16(22)11-5-6-17-18-9-11/h5-6,9,12-13,15H,3-4,7-8,10H2,1-2H3/t12-,13+,15+/m0/s1. The summed E-state index contributed by atoms with van der Waals surface area (Å²) in [5.74, 6) is -0.140. The lowest BCUT2D eigenvalue weighted by Gasteiger charge is -2.39. The first kappa shape index (κ1) is 16.8. The molecule has 1 saturated heterocycles. The Balaban J connectivity index is 1.65. The first-order chi connectivity index (χ1) is 11.6. The average molecular weight is 334 g/mol. The molecule has 2 aliphatic rings. The van der Waals surface area contributed by atoms with Gasteiger partial charge < -0.3 is 19.3 Å². The van der Waals surface area contributed by atoms with Crippen molar-refractivity contribution in [1.82, 2.24) is 20.0 Å². The van der Waals surface area contributed by atoms with Crippen LogP contribution in [0.3, 0.4) is 0 Å². The van der Waals surface area contributed by atoms with Crippen molar-refractivity contribution in [1.29, 1.82) is 0 Å². The molecule has 3 atom stereocenters. The van der Waals surface area contributed by atoms with Gasteiger partial charge in [0, 0.05) is 20.6 Å². The van der Waals surface area contributed by atoms with E-state index in [9.17, 15) is 9.59 Å². The molecule has 0 aromatic carbocycles. The number of rotatable bonds is 4. The molecule has 1 aliphatic heterocycles. The third kappa shape index (κ3) is 3.39. The monoisotopic (exact) mass is 334 g/mol. The SMILES string of the molecule is CN(C)C(=O)CO[C@@H]1CC[C@H]2[C@H]1OCCN2C(=O)c1ccnnc1. The molecule has 8 nitrogen and oxygen atoms in total. The number of aromatic nitrogens is 2. The Morgan fingerprint density at radius 3 is 2.92 bits per heavy atom. The Morgan fingerprint density at radius 2 is 2.21 bits per heavy atom. The average Bonchev–Trinajstić information content (AvgIpc) is 3.02. The maximum atomic E-state index is 12.7. The third-order valence-electron chi connectivity index (χ3n) is 4.55. The van der Waals surface area contributed by atoms with E-state index in [0.29, 0.717) is 18.7 Å². The fourth-order valence-electron chi connectivity index (χ4n) is 3.24. The molecule has 2 amide bonds. The summed E-state index contributed by atoms with van der Waals surface area (Å²) >= 11 is 0. The minimum Gasteiger partial charge on any atom is -0.372 e. The predicted molar refractivity (Wildman–Crippen MR) is 84.3 cm³/mol. The number of hydrogen-bond donors (Lipinski definition) is 0. The molecule has 0 bridgehead atoms. The summed E-state index contributed by atoms with van der Waals surface area (Å²) in [6.07, 6.45) is 4.21. The molecule has 1 aromatic rings. The highest BCUT2D eigenvalue weighted by atomic mass is 16.5. The molecule has 130 valence electrons. The maximum Gasteiger partial charge on any atom is 0.255 e. The van der Waals surface area contributed by atoms with E-state index in [2.05, 4.69) is 10.2 Å². The van der Waals surface area contributed by atoms with Crippen LogP contribution in [0.4, 0.5) is 0 Å². The van der Waals surface area contributed by atoms with Crippen LogP contribution in [-0.2, 0) is 14.3 Å². The summed E-state index contributed by atoms with van der Waals surface area (Å²) < 4.78 is 11.6. The van der Waals surface area contributed by atoms with E-state index in [0.717, 1.165) is 12.8 Å². The van der Waals surface area contributed by atoms with Gasteiger partial charge in [-0.2, -0.15) is 10.2 Å². The quantitative estimate of drug-likeness (QED) is 0.768. The van der Waals surface area contributed by atoms with Gasteiger partial charge in [-0.25, -0.2) is 0 Å². The Kier molecular flexibility index (Phi) is 5.06. The maximum absolute atomic E-state index is 12.7. The smallest absolute Gasteiger partial charge is 0.255 e. The molecular formula is C16H22N4O4. The zero-order chi connectivity index (χ0) is 17.1. The lowest BCUT2D eigenvalue weighted by molar-refractivity contribution is -0.142. The lowest BCUT2D eigenvalue weighted by Crippen LogP contribution is -2.54. The minimum absolute atomic E-state index is 0.0288. The van der Waals surface area contributed by atoms with Crippen molar-refractivity contribution >= 4 is 11.8 Å². The van der Waals surface area contributed by atoms with Gasteiger partial charge >= 0.3 is 0 Å². The third-order valence-corrected chi connectivity index (χ3v) is 4.55. The molecule has 0 unspecified atom stereocenters. The molecule has 2 fully saturated rings. The van der Waals surface area contributed by atoms with E-state index in [1.165, 1.54) is 17.3 Å². The van der Waals surface area contributed by atoms with Crippen LogP contribution >= 0.6 is 0 Å². The van der Waals surface area contributed by atoms with Crippen molar-refractivity contribution in [3.05, 3.63) is 24.0 Å². The fourth-order valence-corrected chi connectivity index (χ4v) is 3.24. The molecular weight excluding hydrogens is 312 g/mol. The van der Waals surface area contributed by atoms with Crippen molar-refractivity contribution in [3.63, 3.8) is 0 Å². The van der Waals surface area contributed by atoms with Gasteiger partial charge in [0.15, 0.2) is 0 Å². The van der Waals surface area contributed by atoms with Crippen LogP contribution in [-0.4, -0.2) is 83.9 Å². The zero-order valence-corrected chi connectivity index (χ0v) is 13.9. The molecule has 0 radical (unpaired) electrons. The van der Waals surface area contributed by atoms with Crippen LogP contribution < -0.4 is 0 Å². The first-order valence-corrected chi connectivity index (χ1v) is 8.09. The Morgan fingerprint density at radius 1 is 1.38 bits per heavy atom. The summed E-state index contributed by atoms with van der Waals surface area (Å²) in [6, 6.07) is 1.64. The number of hydrogen-bond acceptors (Lipinski definition) is 6. The second kappa shape index (κ2) is 7.23. The van der Waals surface area contributed by atoms with Crippen molar-refractivity contribution in [2.24, 2.45) is 0 Å². The molecule has 24 heavy (non-hydrogen) atoms. The van der Waals surface area contributed by atoms with Gasteiger partial charge in [-0.15, -0.1) is 0 Å². The van der Waals surface area contributed by atoms with Gasteiger partial charge in [0.05, 0.1) is 36.7 Å². The number of amides is 2. The number of fused-ring (bicyclic) bond motifs is 1. The first-order valence-electron chi connectivity index (χ1n) is 8.09. The molecule has 2 heterocycles. The number of likely N-dealkylation sites (N-methyl/N-ethyl adjacent to an activating group) is 1. The number of ether oxygens (including phenoxy) is 2. The summed E-state index contributed by atoms with van der Waals surface area (Å²) in [4.78, 5) is 27.7. The number of carbonyl (C=O) groups excluding carboxylic acids is 2. The Labute approximate surface area is 140 Å². The zero-order valence-electron chi connectivity index (χ0n) is 13.9. The summed E-state index contributed by atoms with van der Waals surface area (Å²) in [7, 11) is 3.40. The topological polar surface area (TPSA) is 84.9 Å². The van der Waals surface area contributed by atoms with Crippen molar-refractivity contribution in [2.45, 2.75) is 31.1 Å². The molecule has 1 saturated carbocycles. The summed E-state index contributed by atoms with van der Waals surface area (Å²) in [5.41, 5.74) is 0.526. The Bertz CT molecular complexity index is 595. The second-order valence-electron chi connectivity index (χ2n) is 6.25. The summed E-state index contributed by atoms with van der Waals surface area (Å²) in [5, 5.41) is 7.48. The minimum atomic E-state index is -0.188. The molecule has 1 aliphatic carbocycles.